The Balaban J connectivity index is 1.53. The van der Waals surface area contributed by atoms with Gasteiger partial charge in [-0.25, -0.2) is 0 Å². The topological polar surface area (TPSA) is 21.3 Å². The van der Waals surface area contributed by atoms with Crippen LogP contribution in [-0.2, 0) is 11.3 Å². The van der Waals surface area contributed by atoms with Crippen LogP contribution in [0.3, 0.4) is 0 Å². The second-order valence-corrected chi connectivity index (χ2v) is 6.77. The Morgan fingerprint density at radius 3 is 3.00 bits per heavy atom. The summed E-state index contributed by atoms with van der Waals surface area (Å²) in [4.78, 5) is 1.44. The Labute approximate surface area is 114 Å². The standard InChI is InChI=1S/C15H23NOS/c1-2-7-15(8-3-1)11-13(6-9-17-15)16-12-14-5-4-10-18-14/h4-5,10,13,16H,1-3,6-9,11-12H2. The zero-order chi connectivity index (χ0) is 12.3. The van der Waals surface area contributed by atoms with Crippen molar-refractivity contribution >= 4 is 11.3 Å². The summed E-state index contributed by atoms with van der Waals surface area (Å²) in [5, 5.41) is 5.88. The van der Waals surface area contributed by atoms with E-state index in [1.165, 1.54) is 49.8 Å². The molecule has 1 aliphatic heterocycles. The van der Waals surface area contributed by atoms with Gasteiger partial charge in [0.2, 0.25) is 0 Å². The zero-order valence-electron chi connectivity index (χ0n) is 11.0. The van der Waals surface area contributed by atoms with Crippen molar-refractivity contribution < 1.29 is 4.74 Å². The molecule has 2 nitrogen and oxygen atoms in total. The number of nitrogens with one attached hydrogen (secondary N) is 1. The molecule has 1 N–H and O–H groups in total. The summed E-state index contributed by atoms with van der Waals surface area (Å²) in [6.45, 7) is 1.97. The summed E-state index contributed by atoms with van der Waals surface area (Å²) in [5.74, 6) is 0. The zero-order valence-corrected chi connectivity index (χ0v) is 11.8. The third kappa shape index (κ3) is 2.95. The second-order valence-electron chi connectivity index (χ2n) is 5.74. The molecular formula is C15H23NOS. The van der Waals surface area contributed by atoms with Crippen molar-refractivity contribution in [3.05, 3.63) is 22.4 Å². The molecule has 2 fully saturated rings. The monoisotopic (exact) mass is 265 g/mol. The van der Waals surface area contributed by atoms with Crippen LogP contribution in [0, 0.1) is 0 Å². The molecule has 1 saturated carbocycles. The van der Waals surface area contributed by atoms with E-state index in [0.29, 0.717) is 6.04 Å². The van der Waals surface area contributed by atoms with Gasteiger partial charge in [-0.1, -0.05) is 25.3 Å². The van der Waals surface area contributed by atoms with Crippen molar-refractivity contribution in [3.8, 4) is 0 Å². The van der Waals surface area contributed by atoms with Gasteiger partial charge >= 0.3 is 0 Å². The van der Waals surface area contributed by atoms with Crippen molar-refractivity contribution in [1.82, 2.24) is 5.32 Å². The maximum absolute atomic E-state index is 6.14. The SMILES string of the molecule is c1csc(CNC2CCOC3(CCCCC3)C2)c1. The highest BCUT2D eigenvalue weighted by atomic mass is 32.1. The molecule has 3 rings (SSSR count). The summed E-state index contributed by atoms with van der Waals surface area (Å²) in [7, 11) is 0. The molecule has 1 atom stereocenters. The van der Waals surface area contributed by atoms with Gasteiger partial charge in [0.15, 0.2) is 0 Å². The lowest BCUT2D eigenvalue weighted by Gasteiger charge is -2.43. The molecule has 1 spiro atoms. The largest absolute Gasteiger partial charge is 0.375 e. The van der Waals surface area contributed by atoms with Crippen LogP contribution in [0.25, 0.3) is 0 Å². The van der Waals surface area contributed by atoms with E-state index in [2.05, 4.69) is 22.8 Å². The maximum atomic E-state index is 6.14. The molecule has 1 aliphatic carbocycles. The first-order valence-corrected chi connectivity index (χ1v) is 8.14. The lowest BCUT2D eigenvalue weighted by Crippen LogP contribution is -2.47. The van der Waals surface area contributed by atoms with E-state index < -0.39 is 0 Å². The Bertz CT molecular complexity index is 351. The van der Waals surface area contributed by atoms with Gasteiger partial charge in [0, 0.05) is 24.1 Å². The molecule has 3 heteroatoms. The number of hydrogen-bond donors (Lipinski definition) is 1. The van der Waals surface area contributed by atoms with E-state index >= 15 is 0 Å². The molecule has 0 amide bonds. The van der Waals surface area contributed by atoms with E-state index in [1.54, 1.807) is 0 Å². The van der Waals surface area contributed by atoms with Crippen LogP contribution in [-0.4, -0.2) is 18.2 Å². The third-order valence-corrected chi connectivity index (χ3v) is 5.28. The van der Waals surface area contributed by atoms with Crippen LogP contribution in [0.1, 0.15) is 49.8 Å². The van der Waals surface area contributed by atoms with Crippen LogP contribution < -0.4 is 5.32 Å². The van der Waals surface area contributed by atoms with Gasteiger partial charge in [-0.2, -0.15) is 0 Å². The predicted molar refractivity (Wildman–Crippen MR) is 75.9 cm³/mol. The van der Waals surface area contributed by atoms with Crippen molar-refractivity contribution in [3.63, 3.8) is 0 Å². The lowest BCUT2D eigenvalue weighted by atomic mass is 9.78. The summed E-state index contributed by atoms with van der Waals surface area (Å²) < 4.78 is 6.14. The van der Waals surface area contributed by atoms with Crippen molar-refractivity contribution in [2.45, 2.75) is 63.1 Å². The van der Waals surface area contributed by atoms with Crippen LogP contribution in [0.2, 0.25) is 0 Å². The minimum absolute atomic E-state index is 0.226. The van der Waals surface area contributed by atoms with Gasteiger partial charge in [-0.3, -0.25) is 0 Å². The highest BCUT2D eigenvalue weighted by Gasteiger charge is 2.38. The Morgan fingerprint density at radius 2 is 2.22 bits per heavy atom. The lowest BCUT2D eigenvalue weighted by molar-refractivity contribution is -0.109. The van der Waals surface area contributed by atoms with Crippen LogP contribution in [0.5, 0.6) is 0 Å². The quantitative estimate of drug-likeness (QED) is 0.899. The summed E-state index contributed by atoms with van der Waals surface area (Å²) in [6, 6.07) is 5.00. The number of ether oxygens (including phenoxy) is 1. The van der Waals surface area contributed by atoms with Gasteiger partial charge in [-0.05, 0) is 37.1 Å². The van der Waals surface area contributed by atoms with Gasteiger partial charge in [-0.15, -0.1) is 11.3 Å². The molecule has 0 aromatic carbocycles. The first-order chi connectivity index (χ1) is 8.86. The minimum atomic E-state index is 0.226. The average molecular weight is 265 g/mol. The van der Waals surface area contributed by atoms with Crippen LogP contribution in [0.15, 0.2) is 17.5 Å². The minimum Gasteiger partial charge on any atom is -0.375 e. The number of rotatable bonds is 3. The predicted octanol–water partition coefficient (Wildman–Crippen LogP) is 3.72. The first kappa shape index (κ1) is 12.6. The molecule has 1 saturated heterocycles. The van der Waals surface area contributed by atoms with Crippen molar-refractivity contribution in [2.24, 2.45) is 0 Å². The maximum Gasteiger partial charge on any atom is 0.0697 e. The fraction of sp³-hybridized carbons (Fsp3) is 0.733. The molecular weight excluding hydrogens is 242 g/mol. The highest BCUT2D eigenvalue weighted by Crippen LogP contribution is 2.38. The van der Waals surface area contributed by atoms with E-state index in [0.717, 1.165) is 13.2 Å². The first-order valence-electron chi connectivity index (χ1n) is 7.26. The molecule has 1 aromatic heterocycles. The summed E-state index contributed by atoms with van der Waals surface area (Å²) >= 11 is 1.84. The molecule has 0 radical (unpaired) electrons. The van der Waals surface area contributed by atoms with E-state index in [1.807, 2.05) is 11.3 Å². The molecule has 1 unspecified atom stereocenters. The van der Waals surface area contributed by atoms with Crippen molar-refractivity contribution in [1.29, 1.82) is 0 Å². The van der Waals surface area contributed by atoms with E-state index in [-0.39, 0.29) is 5.60 Å². The third-order valence-electron chi connectivity index (χ3n) is 4.40. The fourth-order valence-corrected chi connectivity index (χ4v) is 4.06. The molecule has 0 bridgehead atoms. The summed E-state index contributed by atoms with van der Waals surface area (Å²) in [6.07, 6.45) is 9.08. The molecule has 2 heterocycles. The number of hydrogen-bond acceptors (Lipinski definition) is 3. The molecule has 18 heavy (non-hydrogen) atoms. The molecule has 100 valence electrons. The normalized spacial score (nSPS) is 27.4. The van der Waals surface area contributed by atoms with Crippen LogP contribution >= 0.6 is 11.3 Å². The van der Waals surface area contributed by atoms with Gasteiger partial charge in [0.1, 0.15) is 0 Å². The smallest absolute Gasteiger partial charge is 0.0697 e. The van der Waals surface area contributed by atoms with Gasteiger partial charge < -0.3 is 10.1 Å². The average Bonchev–Trinajstić information content (AvgIpc) is 2.91. The Hall–Kier alpha value is -0.380. The number of thiophene rings is 1. The van der Waals surface area contributed by atoms with E-state index in [9.17, 15) is 0 Å². The Kier molecular flexibility index (Phi) is 4.02. The van der Waals surface area contributed by atoms with Gasteiger partial charge in [0.05, 0.1) is 5.60 Å². The highest BCUT2D eigenvalue weighted by molar-refractivity contribution is 7.09. The molecule has 1 aromatic rings. The Morgan fingerprint density at radius 1 is 1.33 bits per heavy atom. The fourth-order valence-electron chi connectivity index (χ4n) is 3.40. The van der Waals surface area contributed by atoms with Gasteiger partial charge in [0.25, 0.3) is 0 Å². The van der Waals surface area contributed by atoms with E-state index in [4.69, 9.17) is 4.74 Å². The molecule has 2 aliphatic rings. The summed E-state index contributed by atoms with van der Waals surface area (Å²) in [5.41, 5.74) is 0.226. The van der Waals surface area contributed by atoms with Crippen molar-refractivity contribution in [2.75, 3.05) is 6.61 Å². The second kappa shape index (κ2) is 5.72. The van der Waals surface area contributed by atoms with Crippen LogP contribution in [0.4, 0.5) is 0 Å².